The van der Waals surface area contributed by atoms with E-state index in [4.69, 9.17) is 4.42 Å². The van der Waals surface area contributed by atoms with Crippen LogP contribution in [0.5, 0.6) is 0 Å². The number of carbonyl (C=O) groups is 2. The molecule has 1 aromatic heterocycles. The molecule has 5 heteroatoms. The summed E-state index contributed by atoms with van der Waals surface area (Å²) in [6, 6.07) is 18.8. The van der Waals surface area contributed by atoms with Crippen LogP contribution < -0.4 is 5.32 Å². The number of hydrogen-bond donors (Lipinski definition) is 1. The molecule has 4 rings (SSSR count). The van der Waals surface area contributed by atoms with Gasteiger partial charge in [0.05, 0.1) is 0 Å². The summed E-state index contributed by atoms with van der Waals surface area (Å²) in [5.74, 6) is 2.11. The monoisotopic (exact) mass is 402 g/mol. The van der Waals surface area contributed by atoms with Crippen molar-refractivity contribution >= 4 is 17.5 Å². The van der Waals surface area contributed by atoms with E-state index in [0.29, 0.717) is 36.7 Å². The molecule has 0 saturated heterocycles. The Morgan fingerprint density at radius 2 is 1.87 bits per heavy atom. The van der Waals surface area contributed by atoms with Gasteiger partial charge in [0, 0.05) is 48.3 Å². The molecule has 1 aliphatic rings. The van der Waals surface area contributed by atoms with Crippen LogP contribution in [0.15, 0.2) is 65.1 Å². The van der Waals surface area contributed by atoms with Gasteiger partial charge in [-0.15, -0.1) is 0 Å². The molecule has 0 radical (unpaired) electrons. The van der Waals surface area contributed by atoms with Gasteiger partial charge in [0.15, 0.2) is 0 Å². The van der Waals surface area contributed by atoms with Crippen molar-refractivity contribution in [2.24, 2.45) is 5.92 Å². The van der Waals surface area contributed by atoms with Crippen molar-refractivity contribution in [3.63, 3.8) is 0 Å². The average Bonchev–Trinajstić information content (AvgIpc) is 3.17. The number of amides is 2. The third-order valence-electron chi connectivity index (χ3n) is 5.24. The van der Waals surface area contributed by atoms with Crippen molar-refractivity contribution in [2.75, 3.05) is 11.9 Å². The second-order valence-electron chi connectivity index (χ2n) is 8.12. The van der Waals surface area contributed by atoms with Gasteiger partial charge in [0.2, 0.25) is 5.91 Å². The summed E-state index contributed by atoms with van der Waals surface area (Å²) in [6.45, 7) is 5.41. The van der Waals surface area contributed by atoms with Gasteiger partial charge in [-0.25, -0.2) is 0 Å². The van der Waals surface area contributed by atoms with E-state index in [1.54, 1.807) is 12.1 Å². The average molecular weight is 402 g/mol. The number of carbonyl (C=O) groups excluding carboxylic acids is 2. The minimum Gasteiger partial charge on any atom is -0.461 e. The van der Waals surface area contributed by atoms with Crippen LogP contribution >= 0.6 is 0 Å². The number of benzene rings is 2. The van der Waals surface area contributed by atoms with Crippen molar-refractivity contribution in [2.45, 2.75) is 33.2 Å². The summed E-state index contributed by atoms with van der Waals surface area (Å²) < 4.78 is 6.10. The molecule has 30 heavy (non-hydrogen) atoms. The topological polar surface area (TPSA) is 62.6 Å². The smallest absolute Gasteiger partial charge is 0.255 e. The van der Waals surface area contributed by atoms with Gasteiger partial charge in [0.1, 0.15) is 11.5 Å². The predicted molar refractivity (Wildman–Crippen MR) is 117 cm³/mol. The standard InChI is InChI=1S/C25H26N2O3/c1-17(2)13-24(28)27-12-11-22-20(16-27)15-23(30-22)19-9-6-10-21(14-19)26-25(29)18-7-4-3-5-8-18/h3-10,14-15,17H,11-13,16H2,1-2H3,(H,26,29). The van der Waals surface area contributed by atoms with Gasteiger partial charge in [-0.2, -0.15) is 0 Å². The van der Waals surface area contributed by atoms with Crippen LogP contribution in [0.4, 0.5) is 5.69 Å². The normalized spacial score (nSPS) is 13.2. The summed E-state index contributed by atoms with van der Waals surface area (Å²) in [6.07, 6.45) is 1.30. The quantitative estimate of drug-likeness (QED) is 0.643. The lowest BCUT2D eigenvalue weighted by Gasteiger charge is -2.26. The zero-order valence-electron chi connectivity index (χ0n) is 17.4. The first-order valence-corrected chi connectivity index (χ1v) is 10.4. The second-order valence-corrected chi connectivity index (χ2v) is 8.12. The van der Waals surface area contributed by atoms with Crippen LogP contribution in [-0.4, -0.2) is 23.3 Å². The Bertz CT molecular complexity index is 1050. The second kappa shape index (κ2) is 8.57. The zero-order valence-corrected chi connectivity index (χ0v) is 17.4. The lowest BCUT2D eigenvalue weighted by atomic mass is 10.0. The lowest BCUT2D eigenvalue weighted by Crippen LogP contribution is -2.35. The number of hydrogen-bond acceptors (Lipinski definition) is 3. The fourth-order valence-corrected chi connectivity index (χ4v) is 3.71. The molecule has 0 atom stereocenters. The number of nitrogens with zero attached hydrogens (tertiary/aromatic N) is 1. The third-order valence-corrected chi connectivity index (χ3v) is 5.24. The van der Waals surface area contributed by atoms with Crippen molar-refractivity contribution in [3.8, 4) is 11.3 Å². The number of fused-ring (bicyclic) bond motifs is 1. The fraction of sp³-hybridized carbons (Fsp3) is 0.280. The highest BCUT2D eigenvalue weighted by molar-refractivity contribution is 6.04. The summed E-state index contributed by atoms with van der Waals surface area (Å²) in [5.41, 5.74) is 3.29. The molecule has 0 unspecified atom stereocenters. The maximum Gasteiger partial charge on any atom is 0.255 e. The van der Waals surface area contributed by atoms with E-state index in [-0.39, 0.29) is 11.8 Å². The highest BCUT2D eigenvalue weighted by Crippen LogP contribution is 2.31. The maximum atomic E-state index is 12.4. The third kappa shape index (κ3) is 4.46. The summed E-state index contributed by atoms with van der Waals surface area (Å²) >= 11 is 0. The fourth-order valence-electron chi connectivity index (χ4n) is 3.71. The van der Waals surface area contributed by atoms with E-state index in [2.05, 4.69) is 19.2 Å². The Morgan fingerprint density at radius 1 is 1.07 bits per heavy atom. The van der Waals surface area contributed by atoms with Gasteiger partial charge in [0.25, 0.3) is 5.91 Å². The molecule has 1 aliphatic heterocycles. The van der Waals surface area contributed by atoms with E-state index < -0.39 is 0 Å². The van der Waals surface area contributed by atoms with Gasteiger partial charge < -0.3 is 14.6 Å². The molecule has 0 fully saturated rings. The molecule has 2 amide bonds. The zero-order chi connectivity index (χ0) is 21.1. The summed E-state index contributed by atoms with van der Waals surface area (Å²) in [7, 11) is 0. The molecule has 0 saturated carbocycles. The van der Waals surface area contributed by atoms with E-state index >= 15 is 0 Å². The van der Waals surface area contributed by atoms with Crippen molar-refractivity contribution in [1.82, 2.24) is 4.90 Å². The Kier molecular flexibility index (Phi) is 5.70. The molecular formula is C25H26N2O3. The number of furan rings is 1. The Balaban J connectivity index is 1.50. The van der Waals surface area contributed by atoms with Crippen molar-refractivity contribution in [3.05, 3.63) is 77.6 Å². The Hall–Kier alpha value is -3.34. The van der Waals surface area contributed by atoms with Gasteiger partial charge in [-0.3, -0.25) is 9.59 Å². The first kappa shape index (κ1) is 20.0. The molecule has 1 N–H and O–H groups in total. The van der Waals surface area contributed by atoms with Crippen molar-refractivity contribution < 1.29 is 14.0 Å². The molecule has 3 aromatic rings. The minimum atomic E-state index is -0.147. The van der Waals surface area contributed by atoms with Gasteiger partial charge in [-0.05, 0) is 36.2 Å². The predicted octanol–water partition coefficient (Wildman–Crippen LogP) is 5.13. The molecule has 5 nitrogen and oxygen atoms in total. The Morgan fingerprint density at radius 3 is 2.63 bits per heavy atom. The molecule has 0 aliphatic carbocycles. The molecule has 2 aromatic carbocycles. The lowest BCUT2D eigenvalue weighted by molar-refractivity contribution is -0.132. The van der Waals surface area contributed by atoms with Gasteiger partial charge >= 0.3 is 0 Å². The molecule has 154 valence electrons. The Labute approximate surface area is 176 Å². The maximum absolute atomic E-state index is 12.4. The number of nitrogens with one attached hydrogen (secondary N) is 1. The van der Waals surface area contributed by atoms with Crippen LogP contribution in [0.1, 0.15) is 41.9 Å². The van der Waals surface area contributed by atoms with Crippen LogP contribution in [0, 0.1) is 5.92 Å². The SMILES string of the molecule is CC(C)CC(=O)N1CCc2oc(-c3cccc(NC(=O)c4ccccc4)c3)cc2C1. The van der Waals surface area contributed by atoms with E-state index in [1.165, 1.54) is 0 Å². The summed E-state index contributed by atoms with van der Waals surface area (Å²) in [5, 5.41) is 2.94. The number of anilines is 1. The molecule has 2 heterocycles. The van der Waals surface area contributed by atoms with Crippen LogP contribution in [0.2, 0.25) is 0 Å². The van der Waals surface area contributed by atoms with Crippen molar-refractivity contribution in [1.29, 1.82) is 0 Å². The molecule has 0 spiro atoms. The van der Waals surface area contributed by atoms with Crippen LogP contribution in [0.25, 0.3) is 11.3 Å². The highest BCUT2D eigenvalue weighted by atomic mass is 16.3. The highest BCUT2D eigenvalue weighted by Gasteiger charge is 2.24. The van der Waals surface area contributed by atoms with E-state index in [0.717, 1.165) is 29.1 Å². The largest absolute Gasteiger partial charge is 0.461 e. The first-order chi connectivity index (χ1) is 14.5. The van der Waals surface area contributed by atoms with Crippen LogP contribution in [0.3, 0.4) is 0 Å². The molecular weight excluding hydrogens is 376 g/mol. The van der Waals surface area contributed by atoms with E-state index in [1.807, 2.05) is 53.4 Å². The minimum absolute atomic E-state index is 0.147. The van der Waals surface area contributed by atoms with Gasteiger partial charge in [-0.1, -0.05) is 44.2 Å². The van der Waals surface area contributed by atoms with Crippen LogP contribution in [-0.2, 0) is 17.8 Å². The summed E-state index contributed by atoms with van der Waals surface area (Å²) in [4.78, 5) is 26.8. The van der Waals surface area contributed by atoms with E-state index in [9.17, 15) is 9.59 Å². The molecule has 0 bridgehead atoms. The number of rotatable bonds is 5. The first-order valence-electron chi connectivity index (χ1n) is 10.4.